The molecular formula is C26H21NO3. The zero-order valence-electron chi connectivity index (χ0n) is 16.5. The van der Waals surface area contributed by atoms with Gasteiger partial charge in [0.25, 0.3) is 0 Å². The topological polar surface area (TPSA) is 52.3 Å². The highest BCUT2D eigenvalue weighted by atomic mass is 16.5. The normalized spacial score (nSPS) is 14.6. The van der Waals surface area contributed by atoms with Crippen molar-refractivity contribution in [3.8, 4) is 0 Å². The van der Waals surface area contributed by atoms with Crippen molar-refractivity contribution >= 4 is 28.5 Å². The van der Waals surface area contributed by atoms with Crippen LogP contribution in [0.1, 0.15) is 45.8 Å². The number of carbonyl (C=O) groups is 1. The van der Waals surface area contributed by atoms with E-state index in [1.165, 1.54) is 0 Å². The predicted molar refractivity (Wildman–Crippen MR) is 117 cm³/mol. The SMILES string of the molecule is O=C(OCc1ccccc1)c1c2c(nc3ccccc13)/C(=C\c1ccco1)CCC2. The van der Waals surface area contributed by atoms with Crippen LogP contribution in [0.4, 0.5) is 0 Å². The van der Waals surface area contributed by atoms with Crippen LogP contribution in [0.2, 0.25) is 0 Å². The summed E-state index contributed by atoms with van der Waals surface area (Å²) >= 11 is 0. The molecule has 4 aromatic rings. The molecule has 0 fully saturated rings. The number of esters is 1. The Balaban J connectivity index is 1.59. The van der Waals surface area contributed by atoms with Crippen LogP contribution in [0.5, 0.6) is 0 Å². The van der Waals surface area contributed by atoms with Gasteiger partial charge in [0.15, 0.2) is 0 Å². The van der Waals surface area contributed by atoms with Crippen LogP contribution >= 0.6 is 0 Å². The highest BCUT2D eigenvalue weighted by Crippen LogP contribution is 2.36. The molecule has 0 aliphatic heterocycles. The highest BCUT2D eigenvalue weighted by molar-refractivity contribution is 6.06. The minimum Gasteiger partial charge on any atom is -0.465 e. The molecule has 2 aromatic carbocycles. The van der Waals surface area contributed by atoms with E-state index in [1.54, 1.807) is 6.26 Å². The molecule has 1 aliphatic carbocycles. The van der Waals surface area contributed by atoms with Crippen LogP contribution in [0.15, 0.2) is 77.4 Å². The summed E-state index contributed by atoms with van der Waals surface area (Å²) in [6.45, 7) is 0.250. The average Bonchev–Trinajstić information content (AvgIpc) is 3.30. The monoisotopic (exact) mass is 395 g/mol. The predicted octanol–water partition coefficient (Wildman–Crippen LogP) is 6.06. The summed E-state index contributed by atoms with van der Waals surface area (Å²) in [4.78, 5) is 18.2. The van der Waals surface area contributed by atoms with Gasteiger partial charge in [-0.1, -0.05) is 48.5 Å². The van der Waals surface area contributed by atoms with Crippen molar-refractivity contribution in [1.82, 2.24) is 4.98 Å². The summed E-state index contributed by atoms with van der Waals surface area (Å²) in [5.41, 5.74) is 5.34. The number of rotatable bonds is 4. The molecule has 4 heteroatoms. The molecule has 0 saturated carbocycles. The molecule has 0 radical (unpaired) electrons. The van der Waals surface area contributed by atoms with Gasteiger partial charge in [-0.25, -0.2) is 9.78 Å². The van der Waals surface area contributed by atoms with Gasteiger partial charge in [-0.05, 0) is 60.2 Å². The number of nitrogens with zero attached hydrogens (tertiary/aromatic N) is 1. The maximum Gasteiger partial charge on any atom is 0.339 e. The first-order valence-electron chi connectivity index (χ1n) is 10.2. The number of carbonyl (C=O) groups excluding carboxylic acids is 1. The van der Waals surface area contributed by atoms with E-state index < -0.39 is 0 Å². The van der Waals surface area contributed by atoms with Crippen LogP contribution in [0.25, 0.3) is 22.6 Å². The van der Waals surface area contributed by atoms with Gasteiger partial charge >= 0.3 is 5.97 Å². The third-order valence-electron chi connectivity index (χ3n) is 5.45. The van der Waals surface area contributed by atoms with E-state index in [0.717, 1.165) is 58.3 Å². The van der Waals surface area contributed by atoms with Crippen LogP contribution in [-0.2, 0) is 17.8 Å². The first kappa shape index (κ1) is 18.4. The summed E-state index contributed by atoms with van der Waals surface area (Å²) in [5.74, 6) is 0.494. The van der Waals surface area contributed by atoms with Crippen molar-refractivity contribution in [3.05, 3.63) is 101 Å². The lowest BCUT2D eigenvalue weighted by atomic mass is 9.86. The Kier molecular flexibility index (Phi) is 4.89. The number of para-hydroxylation sites is 1. The Hall–Kier alpha value is -3.66. The molecule has 30 heavy (non-hydrogen) atoms. The summed E-state index contributed by atoms with van der Waals surface area (Å²) in [7, 11) is 0. The molecule has 0 atom stereocenters. The Morgan fingerprint density at radius 1 is 1.00 bits per heavy atom. The van der Waals surface area contributed by atoms with E-state index in [1.807, 2.05) is 72.8 Å². The molecule has 5 rings (SSSR count). The summed E-state index contributed by atoms with van der Waals surface area (Å²) < 4.78 is 11.2. The van der Waals surface area contributed by atoms with Crippen molar-refractivity contribution in [2.75, 3.05) is 0 Å². The molecule has 0 saturated heterocycles. The van der Waals surface area contributed by atoms with E-state index in [0.29, 0.717) is 5.56 Å². The third kappa shape index (κ3) is 3.52. The van der Waals surface area contributed by atoms with E-state index in [9.17, 15) is 4.79 Å². The molecule has 4 nitrogen and oxygen atoms in total. The first-order valence-corrected chi connectivity index (χ1v) is 10.2. The van der Waals surface area contributed by atoms with Gasteiger partial charge in [-0.15, -0.1) is 0 Å². The second-order valence-electron chi connectivity index (χ2n) is 7.43. The lowest BCUT2D eigenvalue weighted by molar-refractivity contribution is 0.0473. The fourth-order valence-corrected chi connectivity index (χ4v) is 4.05. The molecule has 2 heterocycles. The summed E-state index contributed by atoms with van der Waals surface area (Å²) in [6, 6.07) is 21.3. The molecular weight excluding hydrogens is 374 g/mol. The van der Waals surface area contributed by atoms with Crippen molar-refractivity contribution in [1.29, 1.82) is 0 Å². The maximum absolute atomic E-state index is 13.2. The zero-order valence-corrected chi connectivity index (χ0v) is 16.5. The Morgan fingerprint density at radius 3 is 2.67 bits per heavy atom. The molecule has 1 aliphatic rings. The van der Waals surface area contributed by atoms with Gasteiger partial charge in [0, 0.05) is 5.39 Å². The fourth-order valence-electron chi connectivity index (χ4n) is 4.05. The van der Waals surface area contributed by atoms with Crippen molar-refractivity contribution in [3.63, 3.8) is 0 Å². The minimum absolute atomic E-state index is 0.250. The fraction of sp³-hybridized carbons (Fsp3) is 0.154. The van der Waals surface area contributed by atoms with Crippen LogP contribution in [0.3, 0.4) is 0 Å². The number of hydrogen-bond donors (Lipinski definition) is 0. The van der Waals surface area contributed by atoms with Gasteiger partial charge in [-0.2, -0.15) is 0 Å². The van der Waals surface area contributed by atoms with Gasteiger partial charge < -0.3 is 9.15 Å². The molecule has 2 aromatic heterocycles. The van der Waals surface area contributed by atoms with E-state index >= 15 is 0 Å². The Morgan fingerprint density at radius 2 is 1.83 bits per heavy atom. The van der Waals surface area contributed by atoms with Gasteiger partial charge in [0.1, 0.15) is 12.4 Å². The number of pyridine rings is 1. The van der Waals surface area contributed by atoms with Crippen LogP contribution in [0, 0.1) is 0 Å². The smallest absolute Gasteiger partial charge is 0.339 e. The molecule has 0 unspecified atom stereocenters. The Labute approximate surface area is 174 Å². The molecule has 0 N–H and O–H groups in total. The largest absolute Gasteiger partial charge is 0.465 e. The first-order chi connectivity index (χ1) is 14.8. The quantitative estimate of drug-likeness (QED) is 0.394. The number of ether oxygens (including phenoxy) is 1. The van der Waals surface area contributed by atoms with Crippen molar-refractivity contribution in [2.24, 2.45) is 0 Å². The van der Waals surface area contributed by atoms with Gasteiger partial charge in [0.05, 0.1) is 23.0 Å². The van der Waals surface area contributed by atoms with Crippen molar-refractivity contribution in [2.45, 2.75) is 25.9 Å². The van der Waals surface area contributed by atoms with Gasteiger partial charge in [0.2, 0.25) is 0 Å². The number of allylic oxidation sites excluding steroid dienone is 1. The maximum atomic E-state index is 13.2. The third-order valence-corrected chi connectivity index (χ3v) is 5.45. The van der Waals surface area contributed by atoms with Crippen LogP contribution < -0.4 is 0 Å². The number of furan rings is 1. The molecule has 0 bridgehead atoms. The minimum atomic E-state index is -0.298. The van der Waals surface area contributed by atoms with E-state index in [4.69, 9.17) is 14.1 Å². The van der Waals surface area contributed by atoms with Crippen molar-refractivity contribution < 1.29 is 13.9 Å². The lowest BCUT2D eigenvalue weighted by Crippen LogP contribution is -2.15. The molecule has 0 spiro atoms. The summed E-state index contributed by atoms with van der Waals surface area (Å²) in [6.07, 6.45) is 6.35. The standard InChI is InChI=1S/C26H21NO3/c28-26(30-17-18-8-2-1-3-9-18)24-21-12-4-5-14-23(21)27-25-19(10-6-13-22(24)25)16-20-11-7-15-29-20/h1-5,7-9,11-12,14-16H,6,10,13,17H2/b19-16-. The Bertz CT molecular complexity index is 1220. The van der Waals surface area contributed by atoms with Crippen LogP contribution in [-0.4, -0.2) is 11.0 Å². The molecule has 148 valence electrons. The average molecular weight is 395 g/mol. The molecule has 0 amide bonds. The van der Waals surface area contributed by atoms with E-state index in [2.05, 4.69) is 0 Å². The van der Waals surface area contributed by atoms with E-state index in [-0.39, 0.29) is 12.6 Å². The summed E-state index contributed by atoms with van der Waals surface area (Å²) in [5, 5.41) is 0.841. The number of fused-ring (bicyclic) bond motifs is 2. The number of hydrogen-bond acceptors (Lipinski definition) is 4. The highest BCUT2D eigenvalue weighted by Gasteiger charge is 2.26. The second-order valence-corrected chi connectivity index (χ2v) is 7.43. The number of benzene rings is 2. The second kappa shape index (κ2) is 7.99. The lowest BCUT2D eigenvalue weighted by Gasteiger charge is -2.22. The number of aromatic nitrogens is 1. The zero-order chi connectivity index (χ0) is 20.3. The van der Waals surface area contributed by atoms with Gasteiger partial charge in [-0.3, -0.25) is 0 Å².